The first-order valence-electron chi connectivity index (χ1n) is 3.78. The molecule has 0 aliphatic rings. The molecule has 0 heterocycles. The van der Waals surface area contributed by atoms with Crippen LogP contribution in [0.15, 0.2) is 0 Å². The van der Waals surface area contributed by atoms with Gasteiger partial charge in [-0.2, -0.15) is 0 Å². The number of hydrogen-bond acceptors (Lipinski definition) is 3. The fraction of sp³-hybridized carbons (Fsp3) is 0.571. The summed E-state index contributed by atoms with van der Waals surface area (Å²) in [6.45, 7) is 1.13. The van der Waals surface area contributed by atoms with Gasteiger partial charge in [-0.25, -0.2) is 0 Å². The summed E-state index contributed by atoms with van der Waals surface area (Å²) in [6.07, 6.45) is 0. The maximum Gasteiger partial charge on any atom is 0.239 e. The molecule has 0 saturated heterocycles. The molecule has 0 bridgehead atoms. The van der Waals surface area contributed by atoms with Gasteiger partial charge in [-0.3, -0.25) is 14.4 Å². The van der Waals surface area contributed by atoms with Gasteiger partial charge in [0, 0.05) is 14.0 Å². The third kappa shape index (κ3) is 6.79. The molecule has 0 aliphatic carbocycles. The minimum absolute atomic E-state index is 0.0745. The molecule has 0 radical (unpaired) electrons. The van der Waals surface area contributed by atoms with E-state index < -0.39 is 0 Å². The van der Waals surface area contributed by atoms with Crippen LogP contribution in [0.4, 0.5) is 0 Å². The van der Waals surface area contributed by atoms with E-state index in [2.05, 4.69) is 16.0 Å². The van der Waals surface area contributed by atoms with Crippen molar-refractivity contribution in [3.63, 3.8) is 0 Å². The quantitative estimate of drug-likeness (QED) is 0.475. The lowest BCUT2D eigenvalue weighted by atomic mass is 10.5. The van der Waals surface area contributed by atoms with Crippen LogP contribution in [0, 0.1) is 0 Å². The predicted octanol–water partition coefficient (Wildman–Crippen LogP) is -2.02. The summed E-state index contributed by atoms with van der Waals surface area (Å²) < 4.78 is 0. The van der Waals surface area contributed by atoms with Crippen molar-refractivity contribution in [3.05, 3.63) is 0 Å². The van der Waals surface area contributed by atoms with Crippen LogP contribution in [0.1, 0.15) is 6.92 Å². The highest BCUT2D eigenvalue weighted by Gasteiger charge is 2.03. The summed E-state index contributed by atoms with van der Waals surface area (Å²) in [5, 5.41) is 6.97. The van der Waals surface area contributed by atoms with E-state index in [9.17, 15) is 14.4 Å². The zero-order valence-corrected chi connectivity index (χ0v) is 7.64. The normalized spacial score (nSPS) is 8.77. The van der Waals surface area contributed by atoms with Crippen LogP contribution in [0.25, 0.3) is 0 Å². The molecule has 13 heavy (non-hydrogen) atoms. The molecule has 0 spiro atoms. The first kappa shape index (κ1) is 11.4. The third-order valence-corrected chi connectivity index (χ3v) is 1.22. The Morgan fingerprint density at radius 1 is 1.00 bits per heavy atom. The van der Waals surface area contributed by atoms with Crippen LogP contribution in [-0.4, -0.2) is 37.9 Å². The first-order chi connectivity index (χ1) is 6.06. The Kier molecular flexibility index (Phi) is 5.25. The second-order valence-corrected chi connectivity index (χ2v) is 2.36. The number of nitrogens with one attached hydrogen (secondary N) is 3. The van der Waals surface area contributed by atoms with Gasteiger partial charge < -0.3 is 16.0 Å². The second kappa shape index (κ2) is 5.99. The Balaban J connectivity index is 3.52. The van der Waals surface area contributed by atoms with Crippen molar-refractivity contribution in [2.24, 2.45) is 0 Å². The maximum absolute atomic E-state index is 10.9. The molecular formula is C7H13N3O3. The van der Waals surface area contributed by atoms with E-state index in [-0.39, 0.29) is 30.8 Å². The van der Waals surface area contributed by atoms with Crippen molar-refractivity contribution < 1.29 is 14.4 Å². The number of carbonyl (C=O) groups is 3. The van der Waals surface area contributed by atoms with E-state index in [0.29, 0.717) is 0 Å². The summed E-state index contributed by atoms with van der Waals surface area (Å²) in [4.78, 5) is 31.9. The molecule has 6 nitrogen and oxygen atoms in total. The Bertz CT molecular complexity index is 215. The van der Waals surface area contributed by atoms with Gasteiger partial charge >= 0.3 is 0 Å². The standard InChI is InChI=1S/C7H13N3O3/c1-5(11)9-4-7(13)10-3-6(12)8-2/h3-4H2,1-2H3,(H,8,12)(H,9,11)(H,10,13). The zero-order chi connectivity index (χ0) is 10.3. The smallest absolute Gasteiger partial charge is 0.239 e. The third-order valence-electron chi connectivity index (χ3n) is 1.22. The molecule has 0 aliphatic heterocycles. The highest BCUT2D eigenvalue weighted by Crippen LogP contribution is 1.66. The predicted molar refractivity (Wildman–Crippen MR) is 45.8 cm³/mol. The Labute approximate surface area is 76.1 Å². The van der Waals surface area contributed by atoms with Crippen molar-refractivity contribution in [1.29, 1.82) is 0 Å². The topological polar surface area (TPSA) is 87.3 Å². The van der Waals surface area contributed by atoms with Crippen molar-refractivity contribution in [2.75, 3.05) is 20.1 Å². The molecule has 0 aromatic carbocycles. The van der Waals surface area contributed by atoms with Gasteiger partial charge in [-0.15, -0.1) is 0 Å². The van der Waals surface area contributed by atoms with Crippen LogP contribution in [0.2, 0.25) is 0 Å². The number of carbonyl (C=O) groups excluding carboxylic acids is 3. The summed E-state index contributed by atoms with van der Waals surface area (Å²) in [5.41, 5.74) is 0. The van der Waals surface area contributed by atoms with Crippen LogP contribution in [0.5, 0.6) is 0 Å². The summed E-state index contributed by atoms with van der Waals surface area (Å²) in [5.74, 6) is -0.954. The fourth-order valence-electron chi connectivity index (χ4n) is 0.535. The highest BCUT2D eigenvalue weighted by molar-refractivity contribution is 5.87. The molecule has 74 valence electrons. The first-order valence-corrected chi connectivity index (χ1v) is 3.78. The van der Waals surface area contributed by atoms with E-state index in [4.69, 9.17) is 0 Å². The molecule has 0 rings (SSSR count). The number of hydrogen-bond donors (Lipinski definition) is 3. The maximum atomic E-state index is 10.9. The van der Waals surface area contributed by atoms with Gasteiger partial charge in [0.15, 0.2) is 0 Å². The zero-order valence-electron chi connectivity index (χ0n) is 7.64. The number of likely N-dealkylation sites (N-methyl/N-ethyl adjacent to an activating group) is 1. The molecule has 0 saturated carbocycles. The van der Waals surface area contributed by atoms with Crippen molar-refractivity contribution in [3.8, 4) is 0 Å². The van der Waals surface area contributed by atoms with Gasteiger partial charge in [0.25, 0.3) is 0 Å². The number of rotatable bonds is 4. The van der Waals surface area contributed by atoms with Gasteiger partial charge in [0.1, 0.15) is 0 Å². The van der Waals surface area contributed by atoms with Gasteiger partial charge in [0.05, 0.1) is 13.1 Å². The molecule has 3 N–H and O–H groups in total. The van der Waals surface area contributed by atoms with Crippen LogP contribution < -0.4 is 16.0 Å². The molecule has 6 heteroatoms. The average Bonchev–Trinajstić information content (AvgIpc) is 2.10. The van der Waals surface area contributed by atoms with Gasteiger partial charge in [-0.05, 0) is 0 Å². The highest BCUT2D eigenvalue weighted by atomic mass is 16.2. The average molecular weight is 187 g/mol. The minimum atomic E-state index is -0.390. The van der Waals surface area contributed by atoms with Gasteiger partial charge in [0.2, 0.25) is 17.7 Å². The molecule has 0 aromatic rings. The van der Waals surface area contributed by atoms with E-state index in [1.54, 1.807) is 0 Å². The van der Waals surface area contributed by atoms with E-state index in [1.165, 1.54) is 14.0 Å². The Morgan fingerprint density at radius 2 is 1.54 bits per heavy atom. The molecular weight excluding hydrogens is 174 g/mol. The molecule has 0 unspecified atom stereocenters. The lowest BCUT2D eigenvalue weighted by Gasteiger charge is -2.03. The largest absolute Gasteiger partial charge is 0.358 e. The van der Waals surface area contributed by atoms with Crippen molar-refractivity contribution >= 4 is 17.7 Å². The minimum Gasteiger partial charge on any atom is -0.358 e. The molecule has 0 aromatic heterocycles. The SMILES string of the molecule is CNC(=O)CNC(=O)CNC(C)=O. The van der Waals surface area contributed by atoms with E-state index in [0.717, 1.165) is 0 Å². The van der Waals surface area contributed by atoms with Crippen LogP contribution in [-0.2, 0) is 14.4 Å². The Morgan fingerprint density at radius 3 is 2.00 bits per heavy atom. The molecule has 0 fully saturated rings. The lowest BCUT2D eigenvalue weighted by molar-refractivity contribution is -0.127. The summed E-state index contributed by atoms with van der Waals surface area (Å²) >= 11 is 0. The molecule has 3 amide bonds. The van der Waals surface area contributed by atoms with E-state index >= 15 is 0 Å². The summed E-state index contributed by atoms with van der Waals surface area (Å²) in [7, 11) is 1.47. The van der Waals surface area contributed by atoms with Crippen LogP contribution >= 0.6 is 0 Å². The lowest BCUT2D eigenvalue weighted by Crippen LogP contribution is -2.40. The number of amides is 3. The van der Waals surface area contributed by atoms with Crippen molar-refractivity contribution in [1.82, 2.24) is 16.0 Å². The second-order valence-electron chi connectivity index (χ2n) is 2.36. The molecule has 0 atom stereocenters. The Hall–Kier alpha value is -1.59. The van der Waals surface area contributed by atoms with E-state index in [1.807, 2.05) is 0 Å². The summed E-state index contributed by atoms with van der Waals surface area (Å²) in [6, 6.07) is 0. The van der Waals surface area contributed by atoms with Crippen LogP contribution in [0.3, 0.4) is 0 Å². The monoisotopic (exact) mass is 187 g/mol. The van der Waals surface area contributed by atoms with Crippen molar-refractivity contribution in [2.45, 2.75) is 6.92 Å². The van der Waals surface area contributed by atoms with Gasteiger partial charge in [-0.1, -0.05) is 0 Å². The fourth-order valence-corrected chi connectivity index (χ4v) is 0.535.